The molecule has 1 aliphatic carbocycles. The van der Waals surface area contributed by atoms with E-state index in [1.54, 1.807) is 31.4 Å². The lowest BCUT2D eigenvalue weighted by Crippen LogP contribution is -2.36. The van der Waals surface area contributed by atoms with E-state index in [9.17, 15) is 4.79 Å². The topological polar surface area (TPSA) is 62.1 Å². The first-order chi connectivity index (χ1) is 12.2. The van der Waals surface area contributed by atoms with E-state index < -0.39 is 0 Å². The maximum atomic E-state index is 12.6. The molecule has 1 N–H and O–H groups in total. The standard InChI is InChI=1S/C21H22N2O2/c1-25-20-4-2-3-17(13-20)12-19(11-15-5-6-15)23-21(24)18-9-7-16(14-22)8-10-18/h2-4,7-10,13,15,19H,5-6,11-12H2,1H3,(H,23,24). The predicted octanol–water partition coefficient (Wildman–Crippen LogP) is 3.71. The highest BCUT2D eigenvalue weighted by atomic mass is 16.5. The Kier molecular flexibility index (Phi) is 5.35. The molecular formula is C21H22N2O2. The van der Waals surface area contributed by atoms with Gasteiger partial charge in [-0.15, -0.1) is 0 Å². The highest BCUT2D eigenvalue weighted by molar-refractivity contribution is 5.94. The number of carbonyl (C=O) groups is 1. The highest BCUT2D eigenvalue weighted by Gasteiger charge is 2.26. The Hall–Kier alpha value is -2.80. The summed E-state index contributed by atoms with van der Waals surface area (Å²) in [7, 11) is 1.66. The molecule has 0 bridgehead atoms. The van der Waals surface area contributed by atoms with Crippen LogP contribution in [0, 0.1) is 17.2 Å². The van der Waals surface area contributed by atoms with Crippen molar-refractivity contribution in [1.82, 2.24) is 5.32 Å². The first-order valence-electron chi connectivity index (χ1n) is 8.62. The Bertz CT molecular complexity index is 773. The third-order valence-corrected chi connectivity index (χ3v) is 4.54. The second-order valence-corrected chi connectivity index (χ2v) is 6.59. The first kappa shape index (κ1) is 17.0. The average molecular weight is 334 g/mol. The highest BCUT2D eigenvalue weighted by Crippen LogP contribution is 2.34. The third-order valence-electron chi connectivity index (χ3n) is 4.54. The molecule has 1 amide bonds. The molecule has 0 spiro atoms. The number of nitrogens with zero attached hydrogens (tertiary/aromatic N) is 1. The Morgan fingerprint density at radius 3 is 2.68 bits per heavy atom. The normalized spacial score (nSPS) is 14.4. The maximum Gasteiger partial charge on any atom is 0.251 e. The minimum atomic E-state index is -0.0852. The van der Waals surface area contributed by atoms with Crippen LogP contribution >= 0.6 is 0 Å². The van der Waals surface area contributed by atoms with Crippen molar-refractivity contribution in [3.8, 4) is 11.8 Å². The minimum Gasteiger partial charge on any atom is -0.497 e. The molecule has 128 valence electrons. The molecular weight excluding hydrogens is 312 g/mol. The van der Waals surface area contributed by atoms with Crippen LogP contribution in [0.3, 0.4) is 0 Å². The molecule has 25 heavy (non-hydrogen) atoms. The van der Waals surface area contributed by atoms with Gasteiger partial charge in [-0.1, -0.05) is 25.0 Å². The number of ether oxygens (including phenoxy) is 1. The van der Waals surface area contributed by atoms with Gasteiger partial charge in [-0.3, -0.25) is 4.79 Å². The lowest BCUT2D eigenvalue weighted by molar-refractivity contribution is 0.0933. The zero-order chi connectivity index (χ0) is 17.6. The second-order valence-electron chi connectivity index (χ2n) is 6.59. The molecule has 2 aromatic carbocycles. The molecule has 0 saturated heterocycles. The Balaban J connectivity index is 1.69. The van der Waals surface area contributed by atoms with Gasteiger partial charge in [0.2, 0.25) is 0 Å². The van der Waals surface area contributed by atoms with Gasteiger partial charge in [-0.2, -0.15) is 5.26 Å². The summed E-state index contributed by atoms with van der Waals surface area (Å²) in [5.74, 6) is 1.47. The van der Waals surface area contributed by atoms with E-state index >= 15 is 0 Å². The van der Waals surface area contributed by atoms with Crippen LogP contribution < -0.4 is 10.1 Å². The Morgan fingerprint density at radius 2 is 2.04 bits per heavy atom. The van der Waals surface area contributed by atoms with Crippen LogP contribution in [-0.2, 0) is 6.42 Å². The molecule has 3 rings (SSSR count). The molecule has 1 unspecified atom stereocenters. The van der Waals surface area contributed by atoms with Crippen LogP contribution in [0.4, 0.5) is 0 Å². The Labute approximate surface area is 148 Å². The van der Waals surface area contributed by atoms with Crippen molar-refractivity contribution in [2.24, 2.45) is 5.92 Å². The average Bonchev–Trinajstić information content (AvgIpc) is 3.45. The summed E-state index contributed by atoms with van der Waals surface area (Å²) in [4.78, 5) is 12.6. The smallest absolute Gasteiger partial charge is 0.251 e. The molecule has 4 nitrogen and oxygen atoms in total. The van der Waals surface area contributed by atoms with Gasteiger partial charge in [0.05, 0.1) is 18.7 Å². The first-order valence-corrected chi connectivity index (χ1v) is 8.62. The molecule has 1 fully saturated rings. The van der Waals surface area contributed by atoms with Gasteiger partial charge < -0.3 is 10.1 Å². The summed E-state index contributed by atoms with van der Waals surface area (Å²) in [6.07, 6.45) is 4.29. The maximum absolute atomic E-state index is 12.6. The van der Waals surface area contributed by atoms with E-state index in [1.807, 2.05) is 18.2 Å². The molecule has 2 aromatic rings. The molecule has 1 aliphatic rings. The molecule has 1 atom stereocenters. The van der Waals surface area contributed by atoms with Gasteiger partial charge in [-0.25, -0.2) is 0 Å². The van der Waals surface area contributed by atoms with Gasteiger partial charge in [0.25, 0.3) is 5.91 Å². The van der Waals surface area contributed by atoms with Gasteiger partial charge in [0.15, 0.2) is 0 Å². The largest absolute Gasteiger partial charge is 0.497 e. The van der Waals surface area contributed by atoms with E-state index in [2.05, 4.69) is 17.5 Å². The van der Waals surface area contributed by atoms with Crippen molar-refractivity contribution in [1.29, 1.82) is 5.26 Å². The number of rotatable bonds is 7. The number of methoxy groups -OCH3 is 1. The summed E-state index contributed by atoms with van der Waals surface area (Å²) in [5, 5.41) is 12.0. The molecule has 0 aliphatic heterocycles. The van der Waals surface area contributed by atoms with E-state index in [1.165, 1.54) is 12.8 Å². The van der Waals surface area contributed by atoms with Gasteiger partial charge >= 0.3 is 0 Å². The van der Waals surface area contributed by atoms with E-state index in [0.29, 0.717) is 11.1 Å². The zero-order valence-electron chi connectivity index (χ0n) is 14.4. The van der Waals surface area contributed by atoms with E-state index in [4.69, 9.17) is 10.00 Å². The van der Waals surface area contributed by atoms with Crippen LogP contribution in [0.25, 0.3) is 0 Å². The van der Waals surface area contributed by atoms with Gasteiger partial charge in [0, 0.05) is 11.6 Å². The number of hydrogen-bond donors (Lipinski definition) is 1. The number of amides is 1. The van der Waals surface area contributed by atoms with Gasteiger partial charge in [-0.05, 0) is 60.7 Å². The fourth-order valence-electron chi connectivity index (χ4n) is 3.00. The van der Waals surface area contributed by atoms with Crippen LogP contribution in [0.2, 0.25) is 0 Å². The fraction of sp³-hybridized carbons (Fsp3) is 0.333. The number of nitriles is 1. The monoisotopic (exact) mass is 334 g/mol. The van der Waals surface area contributed by atoms with Crippen molar-refractivity contribution in [2.75, 3.05) is 7.11 Å². The summed E-state index contributed by atoms with van der Waals surface area (Å²) in [6.45, 7) is 0. The van der Waals surface area contributed by atoms with E-state index in [0.717, 1.165) is 30.1 Å². The molecule has 0 aromatic heterocycles. The Morgan fingerprint density at radius 1 is 1.28 bits per heavy atom. The predicted molar refractivity (Wildman–Crippen MR) is 96.5 cm³/mol. The van der Waals surface area contributed by atoms with Crippen LogP contribution in [0.5, 0.6) is 5.75 Å². The summed E-state index contributed by atoms with van der Waals surface area (Å²) in [5.41, 5.74) is 2.30. The zero-order valence-corrected chi connectivity index (χ0v) is 14.4. The van der Waals surface area contributed by atoms with Crippen LogP contribution in [-0.4, -0.2) is 19.1 Å². The number of nitrogens with one attached hydrogen (secondary N) is 1. The number of carbonyl (C=O) groups excluding carboxylic acids is 1. The fourth-order valence-corrected chi connectivity index (χ4v) is 3.00. The molecule has 0 radical (unpaired) electrons. The van der Waals surface area contributed by atoms with Crippen molar-refractivity contribution in [3.63, 3.8) is 0 Å². The molecule has 4 heteroatoms. The van der Waals surface area contributed by atoms with Crippen LogP contribution in [0.15, 0.2) is 48.5 Å². The summed E-state index contributed by atoms with van der Waals surface area (Å²) >= 11 is 0. The SMILES string of the molecule is COc1cccc(CC(CC2CC2)NC(=O)c2ccc(C#N)cc2)c1. The van der Waals surface area contributed by atoms with Crippen molar-refractivity contribution in [2.45, 2.75) is 31.7 Å². The molecule has 0 heterocycles. The van der Waals surface area contributed by atoms with Crippen molar-refractivity contribution < 1.29 is 9.53 Å². The lowest BCUT2D eigenvalue weighted by atomic mass is 10.00. The third kappa shape index (κ3) is 4.84. The number of benzene rings is 2. The molecule has 1 saturated carbocycles. The van der Waals surface area contributed by atoms with Crippen molar-refractivity contribution in [3.05, 3.63) is 65.2 Å². The second kappa shape index (κ2) is 7.85. The van der Waals surface area contributed by atoms with Gasteiger partial charge in [0.1, 0.15) is 5.75 Å². The van der Waals surface area contributed by atoms with Crippen molar-refractivity contribution >= 4 is 5.91 Å². The van der Waals surface area contributed by atoms with Crippen LogP contribution in [0.1, 0.15) is 40.7 Å². The summed E-state index contributed by atoms with van der Waals surface area (Å²) < 4.78 is 5.29. The minimum absolute atomic E-state index is 0.0852. The van der Waals surface area contributed by atoms with E-state index in [-0.39, 0.29) is 11.9 Å². The lowest BCUT2D eigenvalue weighted by Gasteiger charge is -2.19. The quantitative estimate of drug-likeness (QED) is 0.839. The number of hydrogen-bond acceptors (Lipinski definition) is 3. The summed E-state index contributed by atoms with van der Waals surface area (Å²) in [6, 6.07) is 16.9.